The van der Waals surface area contributed by atoms with Crippen LogP contribution in [0.4, 0.5) is 0 Å². The number of nitrogens with zero attached hydrogens (tertiary/aromatic N) is 3. The zero-order valence-corrected chi connectivity index (χ0v) is 10.2. The van der Waals surface area contributed by atoms with Crippen LogP contribution in [0.3, 0.4) is 0 Å². The molecule has 0 atom stereocenters. The van der Waals surface area contributed by atoms with Gasteiger partial charge in [0, 0.05) is 24.0 Å². The fraction of sp³-hybridized carbons (Fsp3) is 0. The minimum atomic E-state index is 1.02. The first kappa shape index (κ1) is 10.3. The summed E-state index contributed by atoms with van der Waals surface area (Å²) < 4.78 is 1.87. The monoisotopic (exact) mass is 245 g/mol. The molecule has 0 bridgehead atoms. The maximum Gasteiger partial charge on any atom is 0.0708 e. The van der Waals surface area contributed by atoms with Gasteiger partial charge >= 0.3 is 0 Å². The Labute approximate surface area is 110 Å². The van der Waals surface area contributed by atoms with Crippen molar-refractivity contribution < 1.29 is 0 Å². The van der Waals surface area contributed by atoms with Crippen LogP contribution in [0.5, 0.6) is 0 Å². The number of benzene rings is 1. The minimum absolute atomic E-state index is 1.02. The molecule has 19 heavy (non-hydrogen) atoms. The highest BCUT2D eigenvalue weighted by atomic mass is 15.2. The van der Waals surface area contributed by atoms with Crippen molar-refractivity contribution in [3.05, 3.63) is 67.1 Å². The van der Waals surface area contributed by atoms with Gasteiger partial charge in [0.2, 0.25) is 0 Å². The predicted octanol–water partition coefficient (Wildman–Crippen LogP) is 3.55. The second-order valence-corrected chi connectivity index (χ2v) is 4.49. The molecule has 0 unspecified atom stereocenters. The summed E-state index contributed by atoms with van der Waals surface area (Å²) in [5.41, 5.74) is 4.51. The molecule has 3 aromatic heterocycles. The van der Waals surface area contributed by atoms with Crippen LogP contribution in [-0.2, 0) is 0 Å². The summed E-state index contributed by atoms with van der Waals surface area (Å²) in [5.74, 6) is 0. The molecule has 3 nitrogen and oxygen atoms in total. The molecule has 0 N–H and O–H groups in total. The van der Waals surface area contributed by atoms with Crippen LogP contribution in [-0.4, -0.2) is 14.6 Å². The Morgan fingerprint density at radius 2 is 1.89 bits per heavy atom. The molecule has 0 aliphatic rings. The Morgan fingerprint density at radius 3 is 2.89 bits per heavy atom. The summed E-state index contributed by atoms with van der Waals surface area (Å²) >= 11 is 0. The summed E-state index contributed by atoms with van der Waals surface area (Å²) in [5, 5.41) is 5.40. The lowest BCUT2D eigenvalue weighted by molar-refractivity contribution is 0.962. The van der Waals surface area contributed by atoms with E-state index in [0.29, 0.717) is 0 Å². The summed E-state index contributed by atoms with van der Waals surface area (Å²) in [4.78, 5) is 4.40. The van der Waals surface area contributed by atoms with E-state index in [2.05, 4.69) is 34.3 Å². The van der Waals surface area contributed by atoms with Crippen LogP contribution in [0.1, 0.15) is 0 Å². The van der Waals surface area contributed by atoms with Crippen molar-refractivity contribution in [2.24, 2.45) is 0 Å². The van der Waals surface area contributed by atoms with Crippen molar-refractivity contribution in [2.45, 2.75) is 0 Å². The first-order chi connectivity index (χ1) is 9.42. The van der Waals surface area contributed by atoms with Gasteiger partial charge in [0.1, 0.15) is 0 Å². The molecule has 0 fully saturated rings. The zero-order valence-electron chi connectivity index (χ0n) is 10.2. The quantitative estimate of drug-likeness (QED) is 0.513. The molecule has 4 rings (SSSR count). The second kappa shape index (κ2) is 3.92. The van der Waals surface area contributed by atoms with Crippen LogP contribution in [0.15, 0.2) is 67.1 Å². The molecule has 0 radical (unpaired) electrons. The van der Waals surface area contributed by atoms with Crippen LogP contribution < -0.4 is 0 Å². The molecule has 4 aromatic rings. The van der Waals surface area contributed by atoms with E-state index in [1.807, 2.05) is 47.4 Å². The topological polar surface area (TPSA) is 30.2 Å². The molecule has 3 heterocycles. The normalized spacial score (nSPS) is 11.2. The van der Waals surface area contributed by atoms with Crippen LogP contribution in [0.25, 0.3) is 27.5 Å². The molecule has 0 saturated carbocycles. The smallest absolute Gasteiger partial charge is 0.0708 e. The lowest BCUT2D eigenvalue weighted by atomic mass is 10.0. The molecule has 0 amide bonds. The third-order valence-corrected chi connectivity index (χ3v) is 3.36. The summed E-state index contributed by atoms with van der Waals surface area (Å²) in [6.45, 7) is 0. The Hall–Kier alpha value is -2.68. The number of pyridine rings is 2. The third-order valence-electron chi connectivity index (χ3n) is 3.36. The molecule has 3 heteroatoms. The van der Waals surface area contributed by atoms with Crippen molar-refractivity contribution in [3.8, 4) is 11.1 Å². The SMILES string of the molecule is c1cc(-c2ccn3nccc3c2)c2cccnc2c1. The van der Waals surface area contributed by atoms with Crippen LogP contribution in [0, 0.1) is 0 Å². The highest BCUT2D eigenvalue weighted by Gasteiger charge is 2.05. The lowest BCUT2D eigenvalue weighted by Gasteiger charge is -2.06. The Bertz CT molecular complexity index is 872. The number of fused-ring (bicyclic) bond motifs is 2. The molecule has 0 spiro atoms. The van der Waals surface area contributed by atoms with E-state index in [0.717, 1.165) is 11.0 Å². The first-order valence-corrected chi connectivity index (χ1v) is 6.19. The summed E-state index contributed by atoms with van der Waals surface area (Å²) in [6.07, 6.45) is 5.62. The Balaban J connectivity index is 2.03. The van der Waals surface area contributed by atoms with Gasteiger partial charge in [-0.25, -0.2) is 4.52 Å². The zero-order chi connectivity index (χ0) is 12.7. The molecule has 0 aliphatic carbocycles. The van der Waals surface area contributed by atoms with Gasteiger partial charge in [-0.3, -0.25) is 4.98 Å². The van der Waals surface area contributed by atoms with E-state index < -0.39 is 0 Å². The lowest BCUT2D eigenvalue weighted by Crippen LogP contribution is -1.88. The average Bonchev–Trinajstić information content (AvgIpc) is 2.94. The molecular weight excluding hydrogens is 234 g/mol. The van der Waals surface area contributed by atoms with Gasteiger partial charge in [-0.05, 0) is 41.5 Å². The van der Waals surface area contributed by atoms with Crippen molar-refractivity contribution in [2.75, 3.05) is 0 Å². The highest BCUT2D eigenvalue weighted by Crippen LogP contribution is 2.28. The highest BCUT2D eigenvalue weighted by molar-refractivity contribution is 5.94. The molecule has 0 aliphatic heterocycles. The molecule has 90 valence electrons. The van der Waals surface area contributed by atoms with E-state index in [-0.39, 0.29) is 0 Å². The summed E-state index contributed by atoms with van der Waals surface area (Å²) in [6, 6.07) is 16.5. The standard InChI is InChI=1S/C16H11N3/c1-3-14(15-4-2-8-17-16(15)5-1)12-7-10-19-13(11-12)6-9-18-19/h1-11H. The Kier molecular flexibility index (Phi) is 2.12. The number of hydrogen-bond donors (Lipinski definition) is 0. The van der Waals surface area contributed by atoms with E-state index in [1.165, 1.54) is 16.5 Å². The third kappa shape index (κ3) is 1.59. The van der Waals surface area contributed by atoms with Gasteiger partial charge in [-0.1, -0.05) is 18.2 Å². The van der Waals surface area contributed by atoms with Crippen LogP contribution in [0.2, 0.25) is 0 Å². The van der Waals surface area contributed by atoms with Crippen molar-refractivity contribution in [1.82, 2.24) is 14.6 Å². The molecular formula is C16H11N3. The van der Waals surface area contributed by atoms with Gasteiger partial charge in [-0.15, -0.1) is 0 Å². The van der Waals surface area contributed by atoms with E-state index >= 15 is 0 Å². The van der Waals surface area contributed by atoms with Gasteiger partial charge in [0.25, 0.3) is 0 Å². The Morgan fingerprint density at radius 1 is 0.895 bits per heavy atom. The van der Waals surface area contributed by atoms with E-state index in [4.69, 9.17) is 0 Å². The second-order valence-electron chi connectivity index (χ2n) is 4.49. The fourth-order valence-corrected chi connectivity index (χ4v) is 2.44. The number of hydrogen-bond acceptors (Lipinski definition) is 2. The van der Waals surface area contributed by atoms with Crippen LogP contribution >= 0.6 is 0 Å². The maximum absolute atomic E-state index is 4.40. The van der Waals surface area contributed by atoms with Crippen molar-refractivity contribution >= 4 is 16.4 Å². The fourth-order valence-electron chi connectivity index (χ4n) is 2.44. The minimum Gasteiger partial charge on any atom is -0.256 e. The largest absolute Gasteiger partial charge is 0.256 e. The van der Waals surface area contributed by atoms with Gasteiger partial charge in [0.15, 0.2) is 0 Å². The van der Waals surface area contributed by atoms with E-state index in [1.54, 1.807) is 0 Å². The van der Waals surface area contributed by atoms with Crippen molar-refractivity contribution in [1.29, 1.82) is 0 Å². The molecule has 0 saturated heterocycles. The number of rotatable bonds is 1. The maximum atomic E-state index is 4.40. The van der Waals surface area contributed by atoms with E-state index in [9.17, 15) is 0 Å². The van der Waals surface area contributed by atoms with Crippen molar-refractivity contribution in [3.63, 3.8) is 0 Å². The van der Waals surface area contributed by atoms with Gasteiger partial charge in [0.05, 0.1) is 11.0 Å². The average molecular weight is 245 g/mol. The summed E-state index contributed by atoms with van der Waals surface area (Å²) in [7, 11) is 0. The van der Waals surface area contributed by atoms with Gasteiger partial charge < -0.3 is 0 Å². The molecule has 1 aromatic carbocycles. The van der Waals surface area contributed by atoms with Gasteiger partial charge in [-0.2, -0.15) is 5.10 Å². The predicted molar refractivity (Wildman–Crippen MR) is 75.9 cm³/mol. The number of aromatic nitrogens is 3. The first-order valence-electron chi connectivity index (χ1n) is 6.19.